The summed E-state index contributed by atoms with van der Waals surface area (Å²) in [6, 6.07) is 44.5. The van der Waals surface area contributed by atoms with Crippen LogP contribution in [0.4, 0.5) is 58.4 Å². The number of halogens is 4. The Morgan fingerprint density at radius 3 is 1.40 bits per heavy atom. The molecule has 0 aliphatic carbocycles. The van der Waals surface area contributed by atoms with Crippen molar-refractivity contribution >= 4 is 118 Å². The molecule has 2 saturated heterocycles. The van der Waals surface area contributed by atoms with Crippen molar-refractivity contribution in [3.63, 3.8) is 0 Å². The van der Waals surface area contributed by atoms with Crippen molar-refractivity contribution in [2.24, 2.45) is 0 Å². The van der Waals surface area contributed by atoms with Crippen LogP contribution >= 0.6 is 0 Å². The van der Waals surface area contributed by atoms with Gasteiger partial charge in [0.05, 0.1) is 32.4 Å². The molecule has 570 valence electrons. The monoisotopic (exact) mass is 1500 g/mol. The van der Waals surface area contributed by atoms with Gasteiger partial charge >= 0.3 is 0 Å². The maximum Gasteiger partial charge on any atom is 0.298 e. The van der Waals surface area contributed by atoms with Crippen LogP contribution in [0.1, 0.15) is 52.0 Å². The lowest BCUT2D eigenvalue weighted by atomic mass is 10.0. The van der Waals surface area contributed by atoms with Gasteiger partial charge in [-0.2, -0.15) is 15.0 Å². The average molecular weight is 1500 g/mol. The van der Waals surface area contributed by atoms with Gasteiger partial charge in [0.15, 0.2) is 16.7 Å². The lowest BCUT2D eigenvalue weighted by Crippen LogP contribution is -2.44. The molecular formula is C85H86F4N16O6. The normalized spacial score (nSPS) is 15.9. The van der Waals surface area contributed by atoms with Crippen molar-refractivity contribution in [2.75, 3.05) is 148 Å². The number of fused-ring (bicyclic) bond motifs is 15. The van der Waals surface area contributed by atoms with Gasteiger partial charge in [-0.3, -0.25) is 0 Å². The largest absolute Gasteiger partial charge is 0.481 e. The Morgan fingerprint density at radius 1 is 0.450 bits per heavy atom. The lowest BCUT2D eigenvalue weighted by molar-refractivity contribution is 0.120. The second kappa shape index (κ2) is 30.3. The van der Waals surface area contributed by atoms with E-state index in [2.05, 4.69) is 119 Å². The highest BCUT2D eigenvalue weighted by atomic mass is 19.1. The van der Waals surface area contributed by atoms with Crippen LogP contribution in [-0.4, -0.2) is 157 Å². The fraction of sp³-hybridized carbons (Fsp3) is 0.318. The van der Waals surface area contributed by atoms with Gasteiger partial charge in [0, 0.05) is 256 Å². The molecule has 0 amide bonds. The molecule has 0 unspecified atom stereocenters. The Kier molecular flexibility index (Phi) is 19.3. The molecule has 111 heavy (non-hydrogen) atoms. The van der Waals surface area contributed by atoms with Gasteiger partial charge in [-0.15, -0.1) is 0 Å². The van der Waals surface area contributed by atoms with Crippen LogP contribution in [0.15, 0.2) is 159 Å². The van der Waals surface area contributed by atoms with Crippen LogP contribution in [0.2, 0.25) is 0 Å². The van der Waals surface area contributed by atoms with E-state index in [1.165, 1.54) is 63.2 Å². The lowest BCUT2D eigenvalue weighted by Gasteiger charge is -2.31. The number of anilines is 7. The highest BCUT2D eigenvalue weighted by Gasteiger charge is 2.29. The zero-order valence-electron chi connectivity index (χ0n) is 62.4. The molecule has 0 radical (unpaired) electrons. The van der Waals surface area contributed by atoms with E-state index >= 15 is 0 Å². The average Bonchev–Trinajstić information content (AvgIpc) is 1.61. The van der Waals surface area contributed by atoms with E-state index in [0.29, 0.717) is 44.3 Å². The molecule has 0 saturated carbocycles. The van der Waals surface area contributed by atoms with Gasteiger partial charge in [0.2, 0.25) is 5.88 Å². The number of ether oxygens (including phenoxy) is 3. The van der Waals surface area contributed by atoms with Gasteiger partial charge in [-0.05, 0) is 147 Å². The Balaban J connectivity index is 0.000000104. The Morgan fingerprint density at radius 2 is 0.901 bits per heavy atom. The number of methoxy groups -OCH3 is 2. The third kappa shape index (κ3) is 14.3. The van der Waals surface area contributed by atoms with Gasteiger partial charge in [0.25, 0.3) is 18.0 Å². The number of nitrogens with one attached hydrogen (secondary N) is 4. The van der Waals surface area contributed by atoms with Crippen LogP contribution in [0.3, 0.4) is 0 Å². The van der Waals surface area contributed by atoms with Crippen molar-refractivity contribution < 1.29 is 45.0 Å². The maximum atomic E-state index is 13.9. The Hall–Kier alpha value is -11.7. The summed E-state index contributed by atoms with van der Waals surface area (Å²) in [6.07, 6.45) is 5.42. The summed E-state index contributed by atoms with van der Waals surface area (Å²) in [6.45, 7) is 18.0. The highest BCUT2D eigenvalue weighted by Crippen LogP contribution is 2.39. The first-order chi connectivity index (χ1) is 54.3. The van der Waals surface area contributed by atoms with E-state index < -0.39 is 0 Å². The first-order valence-corrected chi connectivity index (χ1v) is 38.2. The number of H-pyrrole nitrogens is 3. The number of aromatic nitrogens is 8. The first-order valence-electron chi connectivity index (χ1n) is 38.2. The van der Waals surface area contributed by atoms with E-state index in [1.54, 1.807) is 50.7 Å². The molecule has 0 atom stereocenters. The summed E-state index contributed by atoms with van der Waals surface area (Å²) in [7, 11) is 5.42. The van der Waals surface area contributed by atoms with Crippen molar-refractivity contribution in [3.05, 3.63) is 214 Å². The highest BCUT2D eigenvalue weighted by molar-refractivity contribution is 5.90. The minimum absolute atomic E-state index is 0.179. The number of likely N-dealkylation sites (N-methyl/N-ethyl adjacent to an activating group) is 1. The molecule has 6 aliphatic rings. The fourth-order valence-corrected chi connectivity index (χ4v) is 16.6. The van der Waals surface area contributed by atoms with Gasteiger partial charge in [0.1, 0.15) is 39.8 Å². The summed E-state index contributed by atoms with van der Waals surface area (Å²) < 4.78 is 90.1. The van der Waals surface area contributed by atoms with Crippen molar-refractivity contribution in [1.29, 1.82) is 0 Å². The maximum absolute atomic E-state index is 13.9. The summed E-state index contributed by atoms with van der Waals surface area (Å²) in [4.78, 5) is 44.4. The number of aryl methyl sites for hydroxylation is 1. The minimum Gasteiger partial charge on any atom is -0.481 e. The van der Waals surface area contributed by atoms with Crippen molar-refractivity contribution in [2.45, 2.75) is 65.3 Å². The smallest absolute Gasteiger partial charge is 0.298 e. The molecule has 22 nitrogen and oxygen atoms in total. The zero-order valence-corrected chi connectivity index (χ0v) is 62.4. The third-order valence-corrected chi connectivity index (χ3v) is 22.5. The summed E-state index contributed by atoms with van der Waals surface area (Å²) in [5.41, 5.74) is 23.1. The van der Waals surface area contributed by atoms with E-state index in [1.807, 2.05) is 54.6 Å². The number of benzene rings is 7. The number of morpholine rings is 1. The standard InChI is InChI=1S/C24H25FN4O2.C23H24FN5O.C21H21FN4O2.C17H16FN3O/c1-2-29-21-7-8-28(15-19(21)18-5-3-16(25)13-22(18)29)17-4-6-23-20(14-17)26-24(31-23)27-9-11-30-12-10-27;1-27-8-10-28(11-9-27)23-26-21-13-16(3-5-22(21)30-23)29-7-6-19-18(14-29)17-4-2-15(24)12-20(17)25-19;1-27-9-7-23-21-25-19-11-14(3-5-20(19)28-21)26-8-6-17-16(12-26)15-4-2-13(22)10-18(15)24-17;1-22-17-9-12(4-6-19-17)21-7-5-15-14(10-21)13-3-2-11(18)8-16(13)20-15/h3-6,13-14H,2,7-12,15H2,1H3;2-5,12-13,25H,6-11,14H2,1H3;2-5,10-11,24H,6-9,12H2,1H3,(H,23,25);2-4,6,8-9,20H,5,7,10H2,1H3. The molecule has 0 bridgehead atoms. The predicted molar refractivity (Wildman–Crippen MR) is 427 cm³/mol. The number of aromatic amines is 3. The van der Waals surface area contributed by atoms with Crippen LogP contribution in [-0.2, 0) is 67.9 Å². The molecular weight excluding hydrogens is 1420 g/mol. The number of oxazole rings is 3. The molecule has 2 fully saturated rings. The Bertz CT molecular complexity index is 5930. The molecule has 8 aromatic heterocycles. The zero-order chi connectivity index (χ0) is 75.4. The minimum atomic E-state index is -0.214. The summed E-state index contributed by atoms with van der Waals surface area (Å²) in [5.74, 6) is -0.187. The second-order valence-electron chi connectivity index (χ2n) is 29.2. The number of piperazine rings is 1. The molecule has 4 N–H and O–H groups in total. The Labute approximate surface area is 637 Å². The molecule has 14 heterocycles. The van der Waals surface area contributed by atoms with Crippen LogP contribution < -0.4 is 39.5 Å². The molecule has 21 rings (SSSR count). The number of nitrogens with zero attached hydrogens (tertiary/aromatic N) is 12. The number of hydrogen-bond donors (Lipinski definition) is 4. The van der Waals surface area contributed by atoms with Crippen LogP contribution in [0.5, 0.6) is 5.88 Å². The molecule has 6 aliphatic heterocycles. The number of pyridine rings is 1. The molecule has 0 spiro atoms. The summed E-state index contributed by atoms with van der Waals surface area (Å²) >= 11 is 0. The molecule has 15 aromatic rings. The van der Waals surface area contributed by atoms with E-state index in [4.69, 9.17) is 37.4 Å². The number of hydrogen-bond acceptors (Lipinski definition) is 18. The van der Waals surface area contributed by atoms with Gasteiger partial charge in [-0.25, -0.2) is 22.5 Å². The number of rotatable bonds is 12. The quantitative estimate of drug-likeness (QED) is 0.0663. The second-order valence-corrected chi connectivity index (χ2v) is 29.2. The van der Waals surface area contributed by atoms with E-state index in [9.17, 15) is 17.6 Å². The topological polar surface area (TPSA) is 206 Å². The van der Waals surface area contributed by atoms with Crippen LogP contribution in [0.25, 0.3) is 76.9 Å². The predicted octanol–water partition coefficient (Wildman–Crippen LogP) is 15.4. The molecule has 26 heteroatoms. The SMILES string of the molecule is CCn1c2c(c3ccc(F)cc31)CN(c1ccc3oc(N4CCOCC4)nc3c1)CC2.CN1CCN(c2nc3cc(N4CCc5[nH]c6cc(F)ccc6c5C4)ccc3o2)CC1.COCCNc1nc2cc(N3CCc4[nH]c5cc(F)ccc5c4C3)ccc2o1.COc1cc(N2CCc3[nH]c4cc(F)ccc4c3C2)ccn1. The molecule has 7 aromatic carbocycles. The van der Waals surface area contributed by atoms with E-state index in [0.717, 1.165) is 230 Å². The van der Waals surface area contributed by atoms with Gasteiger partial charge < -0.3 is 86.6 Å². The third-order valence-electron chi connectivity index (χ3n) is 22.5. The van der Waals surface area contributed by atoms with Crippen LogP contribution in [0, 0.1) is 23.3 Å². The van der Waals surface area contributed by atoms with Gasteiger partial charge in [-0.1, -0.05) is 0 Å². The summed E-state index contributed by atoms with van der Waals surface area (Å²) in [5, 5.41) is 7.57. The van der Waals surface area contributed by atoms with E-state index in [-0.39, 0.29) is 23.3 Å². The first kappa shape index (κ1) is 70.9. The van der Waals surface area contributed by atoms with Crippen molar-refractivity contribution in [1.82, 2.24) is 44.4 Å². The fourth-order valence-electron chi connectivity index (χ4n) is 16.6. The van der Waals surface area contributed by atoms with Crippen molar-refractivity contribution in [3.8, 4) is 5.88 Å².